The highest BCUT2D eigenvalue weighted by atomic mass is 16.1. The van der Waals surface area contributed by atoms with Crippen molar-refractivity contribution in [2.75, 3.05) is 0 Å². The Labute approximate surface area is 74.9 Å². The van der Waals surface area contributed by atoms with Gasteiger partial charge in [-0.15, -0.1) is 0 Å². The van der Waals surface area contributed by atoms with Crippen molar-refractivity contribution >= 4 is 5.78 Å². The molecule has 2 atom stereocenters. The number of Topliss-reactive ketones (excluding diaryl/α,β-unsaturated/α-hetero) is 1. The molecule has 0 aromatic carbocycles. The van der Waals surface area contributed by atoms with E-state index in [0.29, 0.717) is 17.6 Å². The first-order valence-corrected chi connectivity index (χ1v) is 4.76. The van der Waals surface area contributed by atoms with Crippen molar-refractivity contribution in [1.82, 2.24) is 0 Å². The Balaban J connectivity index is 2.58. The third-order valence-electron chi connectivity index (χ3n) is 2.76. The molecule has 0 unspecified atom stereocenters. The molecule has 0 bridgehead atoms. The van der Waals surface area contributed by atoms with E-state index < -0.39 is 0 Å². The molecular weight excluding hydrogens is 148 g/mol. The minimum atomic E-state index is 0.424. The zero-order chi connectivity index (χ0) is 9.14. The monoisotopic (exact) mass is 166 g/mol. The molecule has 68 valence electrons. The maximum atomic E-state index is 11.4. The van der Waals surface area contributed by atoms with Crippen molar-refractivity contribution in [3.63, 3.8) is 0 Å². The summed E-state index contributed by atoms with van der Waals surface area (Å²) in [5.41, 5.74) is 1.18. The molecule has 1 saturated carbocycles. The zero-order valence-corrected chi connectivity index (χ0v) is 8.10. The van der Waals surface area contributed by atoms with Crippen molar-refractivity contribution in [3.8, 4) is 0 Å². The summed E-state index contributed by atoms with van der Waals surface area (Å²) in [7, 11) is 0. The fourth-order valence-electron chi connectivity index (χ4n) is 1.86. The van der Waals surface area contributed by atoms with Crippen LogP contribution >= 0.6 is 0 Å². The van der Waals surface area contributed by atoms with E-state index in [1.165, 1.54) is 12.0 Å². The highest BCUT2D eigenvalue weighted by Crippen LogP contribution is 2.28. The summed E-state index contributed by atoms with van der Waals surface area (Å²) >= 11 is 0. The van der Waals surface area contributed by atoms with Crippen LogP contribution in [0.25, 0.3) is 0 Å². The average molecular weight is 166 g/mol. The van der Waals surface area contributed by atoms with Gasteiger partial charge in [0.05, 0.1) is 0 Å². The van der Waals surface area contributed by atoms with Gasteiger partial charge in [-0.2, -0.15) is 0 Å². The molecule has 0 aromatic heterocycles. The molecule has 0 saturated heterocycles. The van der Waals surface area contributed by atoms with Crippen LogP contribution in [-0.2, 0) is 4.79 Å². The van der Waals surface area contributed by atoms with E-state index in [-0.39, 0.29) is 0 Å². The first kappa shape index (κ1) is 9.50. The SMILES string of the molecule is C=C(C)[C@H]1CC[C@@H](C)CC(=O)C1. The minimum absolute atomic E-state index is 0.424. The first-order valence-electron chi connectivity index (χ1n) is 4.76. The first-order chi connectivity index (χ1) is 5.59. The number of carbonyl (C=O) groups is 1. The van der Waals surface area contributed by atoms with Gasteiger partial charge < -0.3 is 0 Å². The predicted molar refractivity (Wildman–Crippen MR) is 50.9 cm³/mol. The summed E-state index contributed by atoms with van der Waals surface area (Å²) in [6.45, 7) is 8.13. The lowest BCUT2D eigenvalue weighted by Gasteiger charge is -2.12. The Bertz CT molecular complexity index is 193. The van der Waals surface area contributed by atoms with Gasteiger partial charge in [0.15, 0.2) is 0 Å². The second-order valence-corrected chi connectivity index (χ2v) is 4.17. The lowest BCUT2D eigenvalue weighted by Crippen LogP contribution is -2.05. The maximum Gasteiger partial charge on any atom is 0.133 e. The van der Waals surface area contributed by atoms with Crippen molar-refractivity contribution in [2.24, 2.45) is 11.8 Å². The van der Waals surface area contributed by atoms with Crippen LogP contribution in [0.4, 0.5) is 0 Å². The van der Waals surface area contributed by atoms with E-state index >= 15 is 0 Å². The second-order valence-electron chi connectivity index (χ2n) is 4.17. The Morgan fingerprint density at radius 3 is 2.67 bits per heavy atom. The highest BCUT2D eigenvalue weighted by molar-refractivity contribution is 5.79. The summed E-state index contributed by atoms with van der Waals surface area (Å²) in [4.78, 5) is 11.4. The Kier molecular flexibility index (Phi) is 3.07. The summed E-state index contributed by atoms with van der Waals surface area (Å²) in [6, 6.07) is 0. The highest BCUT2D eigenvalue weighted by Gasteiger charge is 2.21. The molecule has 1 rings (SSSR count). The fraction of sp³-hybridized carbons (Fsp3) is 0.727. The molecule has 0 radical (unpaired) electrons. The molecule has 1 heteroatoms. The van der Waals surface area contributed by atoms with Crippen LogP contribution in [-0.4, -0.2) is 5.78 Å². The minimum Gasteiger partial charge on any atom is -0.300 e. The molecule has 0 aliphatic heterocycles. The quantitative estimate of drug-likeness (QED) is 0.432. The van der Waals surface area contributed by atoms with Crippen molar-refractivity contribution in [1.29, 1.82) is 0 Å². The molecule has 0 heterocycles. The number of hydrogen-bond donors (Lipinski definition) is 0. The number of rotatable bonds is 1. The van der Waals surface area contributed by atoms with Crippen molar-refractivity contribution in [3.05, 3.63) is 12.2 Å². The van der Waals surface area contributed by atoms with Gasteiger partial charge in [-0.05, 0) is 31.6 Å². The average Bonchev–Trinajstić information content (AvgIpc) is 2.11. The van der Waals surface area contributed by atoms with Gasteiger partial charge in [0.2, 0.25) is 0 Å². The predicted octanol–water partition coefficient (Wildman–Crippen LogP) is 2.96. The summed E-state index contributed by atoms with van der Waals surface area (Å²) < 4.78 is 0. The van der Waals surface area contributed by atoms with Gasteiger partial charge in [0, 0.05) is 12.8 Å². The van der Waals surface area contributed by atoms with Crippen molar-refractivity contribution in [2.45, 2.75) is 39.5 Å². The molecule has 12 heavy (non-hydrogen) atoms. The van der Waals surface area contributed by atoms with Crippen LogP contribution in [0, 0.1) is 11.8 Å². The van der Waals surface area contributed by atoms with Gasteiger partial charge in [0.25, 0.3) is 0 Å². The molecule has 0 amide bonds. The van der Waals surface area contributed by atoms with Crippen LogP contribution in [0.2, 0.25) is 0 Å². The summed E-state index contributed by atoms with van der Waals surface area (Å²) in [6.07, 6.45) is 3.86. The smallest absolute Gasteiger partial charge is 0.133 e. The molecule has 1 nitrogen and oxygen atoms in total. The van der Waals surface area contributed by atoms with E-state index in [0.717, 1.165) is 19.3 Å². The van der Waals surface area contributed by atoms with Crippen LogP contribution in [0.3, 0.4) is 0 Å². The Morgan fingerprint density at radius 2 is 2.08 bits per heavy atom. The standard InChI is InChI=1S/C11H18O/c1-8(2)10-5-4-9(3)6-11(12)7-10/h9-10H,1,4-7H2,2-3H3/t9-,10+/m1/s1. The van der Waals surface area contributed by atoms with Gasteiger partial charge >= 0.3 is 0 Å². The van der Waals surface area contributed by atoms with E-state index in [9.17, 15) is 4.79 Å². The number of hydrogen-bond acceptors (Lipinski definition) is 1. The lowest BCUT2D eigenvalue weighted by atomic mass is 9.93. The second kappa shape index (κ2) is 3.88. The van der Waals surface area contributed by atoms with E-state index in [4.69, 9.17) is 0 Å². The Morgan fingerprint density at radius 1 is 1.42 bits per heavy atom. The van der Waals surface area contributed by atoms with Gasteiger partial charge in [0.1, 0.15) is 5.78 Å². The topological polar surface area (TPSA) is 17.1 Å². The number of carbonyl (C=O) groups excluding carboxylic acids is 1. The van der Waals surface area contributed by atoms with Gasteiger partial charge in [-0.1, -0.05) is 19.1 Å². The van der Waals surface area contributed by atoms with Crippen LogP contribution in [0.15, 0.2) is 12.2 Å². The summed E-state index contributed by atoms with van der Waals surface area (Å²) in [5.74, 6) is 1.47. The normalized spacial score (nSPS) is 31.3. The van der Waals surface area contributed by atoms with Gasteiger partial charge in [-0.25, -0.2) is 0 Å². The molecular formula is C11H18O. The van der Waals surface area contributed by atoms with E-state index in [1.807, 2.05) is 6.92 Å². The number of ketones is 1. The molecule has 1 aliphatic rings. The van der Waals surface area contributed by atoms with Gasteiger partial charge in [-0.3, -0.25) is 4.79 Å². The zero-order valence-electron chi connectivity index (χ0n) is 8.10. The number of allylic oxidation sites excluding steroid dienone is 1. The van der Waals surface area contributed by atoms with E-state index in [1.54, 1.807) is 0 Å². The van der Waals surface area contributed by atoms with E-state index in [2.05, 4.69) is 13.5 Å². The lowest BCUT2D eigenvalue weighted by molar-refractivity contribution is -0.119. The van der Waals surface area contributed by atoms with Crippen LogP contribution in [0.1, 0.15) is 39.5 Å². The van der Waals surface area contributed by atoms with Crippen LogP contribution < -0.4 is 0 Å². The summed E-state index contributed by atoms with van der Waals surface area (Å²) in [5, 5.41) is 0. The third-order valence-corrected chi connectivity index (χ3v) is 2.76. The Hall–Kier alpha value is -0.590. The molecule has 0 aromatic rings. The third kappa shape index (κ3) is 2.47. The molecule has 1 fully saturated rings. The van der Waals surface area contributed by atoms with Crippen molar-refractivity contribution < 1.29 is 4.79 Å². The fourth-order valence-corrected chi connectivity index (χ4v) is 1.86. The molecule has 0 spiro atoms. The maximum absolute atomic E-state index is 11.4. The van der Waals surface area contributed by atoms with Crippen LogP contribution in [0.5, 0.6) is 0 Å². The molecule has 1 aliphatic carbocycles. The largest absolute Gasteiger partial charge is 0.300 e. The molecule has 0 N–H and O–H groups in total.